The molecule has 1 aliphatic rings. The number of halogens is 1. The van der Waals surface area contributed by atoms with Gasteiger partial charge in [-0.3, -0.25) is 14.4 Å². The molecule has 2 aromatic carbocycles. The van der Waals surface area contributed by atoms with Crippen LogP contribution in [0.1, 0.15) is 18.4 Å². The summed E-state index contributed by atoms with van der Waals surface area (Å²) in [5.74, 6) is -0.218. The van der Waals surface area contributed by atoms with Crippen molar-refractivity contribution >= 4 is 10.9 Å². The maximum atomic E-state index is 13.1. The summed E-state index contributed by atoms with van der Waals surface area (Å²) in [5, 5.41) is 5.00. The quantitative estimate of drug-likeness (QED) is 0.724. The minimum atomic E-state index is -0.218. The van der Waals surface area contributed by atoms with Gasteiger partial charge in [-0.05, 0) is 42.7 Å². The van der Waals surface area contributed by atoms with Crippen LogP contribution in [0.3, 0.4) is 0 Å². The van der Waals surface area contributed by atoms with Crippen LogP contribution in [0.2, 0.25) is 0 Å². The van der Waals surface area contributed by atoms with E-state index in [-0.39, 0.29) is 11.2 Å². The molecule has 1 saturated carbocycles. The Morgan fingerprint density at radius 2 is 1.88 bits per heavy atom. The average Bonchev–Trinajstić information content (AvgIpc) is 3.44. The second-order valence-corrected chi connectivity index (χ2v) is 6.27. The molecule has 0 radical (unpaired) electrons. The third kappa shape index (κ3) is 3.08. The molecular weight excluding hydrogens is 305 g/mol. The monoisotopic (exact) mass is 323 g/mol. The summed E-state index contributed by atoms with van der Waals surface area (Å²) < 4.78 is 15.0. The van der Waals surface area contributed by atoms with Gasteiger partial charge in [-0.1, -0.05) is 24.3 Å². The Morgan fingerprint density at radius 3 is 2.62 bits per heavy atom. The molecule has 4 nitrogen and oxygen atoms in total. The van der Waals surface area contributed by atoms with Crippen LogP contribution >= 0.6 is 0 Å². The van der Waals surface area contributed by atoms with Gasteiger partial charge >= 0.3 is 0 Å². The summed E-state index contributed by atoms with van der Waals surface area (Å²) in [7, 11) is 0. The second kappa shape index (κ2) is 6.17. The number of aromatic nitrogens is 2. The molecule has 1 aliphatic carbocycles. The van der Waals surface area contributed by atoms with E-state index in [0.717, 1.165) is 17.6 Å². The average molecular weight is 323 g/mol. The van der Waals surface area contributed by atoms with E-state index >= 15 is 0 Å². The normalized spacial score (nSPS) is 14.4. The van der Waals surface area contributed by atoms with Gasteiger partial charge < -0.3 is 0 Å². The van der Waals surface area contributed by atoms with Crippen LogP contribution in [0, 0.1) is 5.82 Å². The molecule has 122 valence electrons. The van der Waals surface area contributed by atoms with Crippen molar-refractivity contribution < 1.29 is 4.39 Å². The van der Waals surface area contributed by atoms with E-state index in [2.05, 4.69) is 10.00 Å². The summed E-state index contributed by atoms with van der Waals surface area (Å²) in [6.07, 6.45) is 3.71. The highest BCUT2D eigenvalue weighted by Crippen LogP contribution is 2.29. The van der Waals surface area contributed by atoms with Crippen LogP contribution in [0.15, 0.2) is 59.5 Å². The molecule has 24 heavy (non-hydrogen) atoms. The van der Waals surface area contributed by atoms with E-state index < -0.39 is 0 Å². The standard InChI is InChI=1S/C19H18FN3O/c20-15-7-5-14(6-8-15)12-22(16-9-10-16)13-23-18-4-2-1-3-17(18)19(24)11-21-23/h1-8,11,16H,9-10,12-13H2. The maximum absolute atomic E-state index is 13.1. The van der Waals surface area contributed by atoms with Gasteiger partial charge in [0.15, 0.2) is 0 Å². The first-order valence-electron chi connectivity index (χ1n) is 8.14. The van der Waals surface area contributed by atoms with Crippen molar-refractivity contribution in [2.45, 2.75) is 32.1 Å². The summed E-state index contributed by atoms with van der Waals surface area (Å²) in [6, 6.07) is 14.7. The number of hydrogen-bond donors (Lipinski definition) is 0. The highest BCUT2D eigenvalue weighted by molar-refractivity contribution is 5.77. The molecule has 0 atom stereocenters. The van der Waals surface area contributed by atoms with Crippen molar-refractivity contribution in [3.8, 4) is 0 Å². The van der Waals surface area contributed by atoms with Crippen LogP contribution in [0.4, 0.5) is 4.39 Å². The Hall–Kier alpha value is -2.53. The van der Waals surface area contributed by atoms with Crippen molar-refractivity contribution in [3.05, 3.63) is 76.3 Å². The summed E-state index contributed by atoms with van der Waals surface area (Å²) >= 11 is 0. The molecule has 1 heterocycles. The molecule has 0 spiro atoms. The van der Waals surface area contributed by atoms with Gasteiger partial charge in [0.2, 0.25) is 5.43 Å². The summed E-state index contributed by atoms with van der Waals surface area (Å²) in [6.45, 7) is 1.36. The van der Waals surface area contributed by atoms with Crippen molar-refractivity contribution in [2.75, 3.05) is 0 Å². The zero-order valence-corrected chi connectivity index (χ0v) is 13.2. The van der Waals surface area contributed by atoms with Gasteiger partial charge in [0.05, 0.1) is 18.4 Å². The van der Waals surface area contributed by atoms with Crippen LogP contribution in [0.5, 0.6) is 0 Å². The lowest BCUT2D eigenvalue weighted by atomic mass is 10.2. The van der Waals surface area contributed by atoms with Gasteiger partial charge in [-0.15, -0.1) is 0 Å². The van der Waals surface area contributed by atoms with Crippen molar-refractivity contribution in [1.82, 2.24) is 14.7 Å². The molecule has 0 amide bonds. The third-order valence-electron chi connectivity index (χ3n) is 4.44. The number of benzene rings is 2. The van der Waals surface area contributed by atoms with E-state index in [1.165, 1.54) is 31.2 Å². The van der Waals surface area contributed by atoms with Crippen LogP contribution in [-0.4, -0.2) is 20.7 Å². The Bertz CT molecular complexity index is 916. The van der Waals surface area contributed by atoms with Crippen molar-refractivity contribution in [1.29, 1.82) is 0 Å². The molecule has 0 unspecified atom stereocenters. The zero-order chi connectivity index (χ0) is 16.5. The fourth-order valence-electron chi connectivity index (χ4n) is 3.00. The first-order chi connectivity index (χ1) is 11.7. The molecule has 5 heteroatoms. The molecule has 0 saturated heterocycles. The largest absolute Gasteiger partial charge is 0.287 e. The number of nitrogens with zero attached hydrogens (tertiary/aromatic N) is 3. The van der Waals surface area contributed by atoms with Gasteiger partial charge in [0, 0.05) is 18.0 Å². The lowest BCUT2D eigenvalue weighted by molar-refractivity contribution is 0.191. The highest BCUT2D eigenvalue weighted by atomic mass is 19.1. The predicted molar refractivity (Wildman–Crippen MR) is 91.0 cm³/mol. The van der Waals surface area contributed by atoms with Crippen molar-refractivity contribution in [3.63, 3.8) is 0 Å². The fraction of sp³-hybridized carbons (Fsp3) is 0.263. The van der Waals surface area contributed by atoms with Gasteiger partial charge in [-0.2, -0.15) is 5.10 Å². The first-order valence-corrected chi connectivity index (χ1v) is 8.14. The Balaban J connectivity index is 1.63. The molecule has 0 bridgehead atoms. The lowest BCUT2D eigenvalue weighted by Crippen LogP contribution is -2.30. The van der Waals surface area contributed by atoms with Gasteiger partial charge in [0.25, 0.3) is 0 Å². The maximum Gasteiger partial charge on any atom is 0.207 e. The third-order valence-corrected chi connectivity index (χ3v) is 4.44. The van der Waals surface area contributed by atoms with E-state index in [9.17, 15) is 9.18 Å². The minimum absolute atomic E-state index is 0.0571. The predicted octanol–water partition coefficient (Wildman–Crippen LogP) is 3.16. The van der Waals surface area contributed by atoms with E-state index in [4.69, 9.17) is 0 Å². The minimum Gasteiger partial charge on any atom is -0.287 e. The number of para-hydroxylation sites is 1. The number of fused-ring (bicyclic) bond motifs is 1. The van der Waals surface area contributed by atoms with Crippen LogP contribution < -0.4 is 5.43 Å². The SMILES string of the molecule is O=c1cnn(CN(Cc2ccc(F)cc2)C2CC2)c2ccccc12. The molecule has 1 aromatic heterocycles. The second-order valence-electron chi connectivity index (χ2n) is 6.27. The number of hydrogen-bond acceptors (Lipinski definition) is 3. The van der Waals surface area contributed by atoms with Gasteiger partial charge in [0.1, 0.15) is 5.82 Å². The first kappa shape index (κ1) is 15.0. The highest BCUT2D eigenvalue weighted by Gasteiger charge is 2.29. The van der Waals surface area contributed by atoms with Crippen molar-refractivity contribution in [2.24, 2.45) is 0 Å². The molecule has 1 fully saturated rings. The molecular formula is C19H18FN3O. The van der Waals surface area contributed by atoms with Gasteiger partial charge in [-0.25, -0.2) is 4.39 Å². The summed E-state index contributed by atoms with van der Waals surface area (Å²) in [5.41, 5.74) is 1.86. The Morgan fingerprint density at radius 1 is 1.12 bits per heavy atom. The van der Waals surface area contributed by atoms with Crippen LogP contribution in [0.25, 0.3) is 10.9 Å². The Labute approximate surface area is 139 Å². The number of rotatable bonds is 5. The topological polar surface area (TPSA) is 38.1 Å². The fourth-order valence-corrected chi connectivity index (χ4v) is 3.00. The molecule has 3 aromatic rings. The lowest BCUT2D eigenvalue weighted by Gasteiger charge is -2.23. The summed E-state index contributed by atoms with van der Waals surface area (Å²) in [4.78, 5) is 14.3. The molecule has 0 aliphatic heterocycles. The Kier molecular flexibility index (Phi) is 3.86. The van der Waals surface area contributed by atoms with E-state index in [1.54, 1.807) is 0 Å². The molecule has 0 N–H and O–H groups in total. The van der Waals surface area contributed by atoms with Crippen LogP contribution in [-0.2, 0) is 13.2 Å². The van der Waals surface area contributed by atoms with E-state index in [0.29, 0.717) is 18.1 Å². The smallest absolute Gasteiger partial charge is 0.207 e. The van der Waals surface area contributed by atoms with E-state index in [1.807, 2.05) is 41.1 Å². The zero-order valence-electron chi connectivity index (χ0n) is 13.2. The molecule has 4 rings (SSSR count).